The van der Waals surface area contributed by atoms with Crippen LogP contribution in [-0.4, -0.2) is 11.1 Å². The van der Waals surface area contributed by atoms with Crippen molar-refractivity contribution in [3.63, 3.8) is 0 Å². The highest BCUT2D eigenvalue weighted by Crippen LogP contribution is 2.18. The van der Waals surface area contributed by atoms with Crippen LogP contribution in [0.3, 0.4) is 0 Å². The maximum absolute atomic E-state index is 13.3. The smallest absolute Gasteiger partial charge is 0.306 e. The number of hydrogen-bond donors (Lipinski definition) is 1. The molecule has 0 aliphatic carbocycles. The lowest BCUT2D eigenvalue weighted by atomic mass is 9.99. The van der Waals surface area contributed by atoms with Gasteiger partial charge in [0.25, 0.3) is 0 Å². The van der Waals surface area contributed by atoms with E-state index >= 15 is 0 Å². The van der Waals surface area contributed by atoms with E-state index in [2.05, 4.69) is 0 Å². The van der Waals surface area contributed by atoms with E-state index in [9.17, 15) is 13.6 Å². The molecule has 1 unspecified atom stereocenters. The van der Waals surface area contributed by atoms with E-state index in [0.717, 1.165) is 0 Å². The molecule has 1 aromatic carbocycles. The van der Waals surface area contributed by atoms with Crippen molar-refractivity contribution in [1.29, 1.82) is 0 Å². The van der Waals surface area contributed by atoms with E-state index in [1.807, 2.05) is 0 Å². The third kappa shape index (κ3) is 2.75. The monoisotopic (exact) mass is 214 g/mol. The van der Waals surface area contributed by atoms with Crippen molar-refractivity contribution in [2.24, 2.45) is 5.92 Å². The third-order valence-corrected chi connectivity index (χ3v) is 2.22. The molecule has 1 aromatic rings. The predicted molar refractivity (Wildman–Crippen MR) is 51.6 cm³/mol. The van der Waals surface area contributed by atoms with Gasteiger partial charge >= 0.3 is 5.97 Å². The highest BCUT2D eigenvalue weighted by molar-refractivity contribution is 5.69. The lowest BCUT2D eigenvalue weighted by Gasteiger charge is -2.09. The van der Waals surface area contributed by atoms with Crippen LogP contribution in [-0.2, 0) is 11.2 Å². The summed E-state index contributed by atoms with van der Waals surface area (Å²) in [5.41, 5.74) is 0.326. The van der Waals surface area contributed by atoms with Crippen LogP contribution in [0.2, 0.25) is 0 Å². The Labute approximate surface area is 86.5 Å². The molecule has 1 N–H and O–H groups in total. The first kappa shape index (κ1) is 11.6. The molecule has 0 saturated carbocycles. The van der Waals surface area contributed by atoms with Crippen molar-refractivity contribution in [3.8, 4) is 0 Å². The minimum Gasteiger partial charge on any atom is -0.481 e. The van der Waals surface area contributed by atoms with Gasteiger partial charge in [-0.15, -0.1) is 0 Å². The Hall–Kier alpha value is -1.45. The summed E-state index contributed by atoms with van der Waals surface area (Å²) in [6.07, 6.45) is -0.132. The minimum absolute atomic E-state index is 0.132. The molecule has 0 bridgehead atoms. The van der Waals surface area contributed by atoms with E-state index in [-0.39, 0.29) is 12.0 Å². The Balaban J connectivity index is 3.00. The van der Waals surface area contributed by atoms with Crippen LogP contribution < -0.4 is 0 Å². The van der Waals surface area contributed by atoms with Crippen molar-refractivity contribution < 1.29 is 18.7 Å². The van der Waals surface area contributed by atoms with Crippen molar-refractivity contribution in [1.82, 2.24) is 0 Å². The van der Waals surface area contributed by atoms with E-state index in [1.54, 1.807) is 6.92 Å². The zero-order valence-corrected chi connectivity index (χ0v) is 8.55. The van der Waals surface area contributed by atoms with Gasteiger partial charge in [0, 0.05) is 5.56 Å². The molecule has 82 valence electrons. The van der Waals surface area contributed by atoms with Crippen molar-refractivity contribution in [2.45, 2.75) is 20.3 Å². The van der Waals surface area contributed by atoms with E-state index in [0.29, 0.717) is 5.56 Å². The van der Waals surface area contributed by atoms with Gasteiger partial charge in [0.15, 0.2) is 0 Å². The molecule has 15 heavy (non-hydrogen) atoms. The Morgan fingerprint density at radius 2 is 1.87 bits per heavy atom. The number of aryl methyl sites for hydroxylation is 1. The van der Waals surface area contributed by atoms with Gasteiger partial charge in [0.1, 0.15) is 11.6 Å². The van der Waals surface area contributed by atoms with E-state index < -0.39 is 23.5 Å². The number of hydrogen-bond acceptors (Lipinski definition) is 1. The molecule has 0 aromatic heterocycles. The fraction of sp³-hybridized carbons (Fsp3) is 0.364. The van der Waals surface area contributed by atoms with Crippen molar-refractivity contribution in [3.05, 3.63) is 34.9 Å². The van der Waals surface area contributed by atoms with Crippen molar-refractivity contribution in [2.75, 3.05) is 0 Å². The molecule has 0 fully saturated rings. The number of halogens is 2. The molecule has 0 aliphatic rings. The molecule has 0 saturated heterocycles. The third-order valence-electron chi connectivity index (χ3n) is 2.22. The number of carboxylic acid groups (broad SMARTS) is 1. The summed E-state index contributed by atoms with van der Waals surface area (Å²) in [6.45, 7) is 3.00. The predicted octanol–water partition coefficient (Wildman–Crippen LogP) is 2.54. The summed E-state index contributed by atoms with van der Waals surface area (Å²) in [5, 5.41) is 8.63. The molecular formula is C11H12F2O2. The lowest BCUT2D eigenvalue weighted by Crippen LogP contribution is -2.14. The lowest BCUT2D eigenvalue weighted by molar-refractivity contribution is -0.141. The molecule has 1 atom stereocenters. The van der Waals surface area contributed by atoms with Gasteiger partial charge in [0.2, 0.25) is 0 Å². The second-order valence-corrected chi connectivity index (χ2v) is 3.65. The van der Waals surface area contributed by atoms with E-state index in [1.165, 1.54) is 19.1 Å². The Bertz CT molecular complexity index is 365. The van der Waals surface area contributed by atoms with Gasteiger partial charge in [0.05, 0.1) is 5.92 Å². The summed E-state index contributed by atoms with van der Waals surface area (Å²) in [4.78, 5) is 10.5. The molecule has 0 aliphatic heterocycles. The van der Waals surface area contributed by atoms with Gasteiger partial charge in [-0.2, -0.15) is 0 Å². The SMILES string of the molecule is Cc1cc(F)c(CC(C)C(=O)O)c(F)c1. The van der Waals surface area contributed by atoms with Crippen LogP contribution in [0.5, 0.6) is 0 Å². The Kier molecular flexibility index (Phi) is 3.39. The van der Waals surface area contributed by atoms with Gasteiger partial charge in [-0.1, -0.05) is 6.92 Å². The summed E-state index contributed by atoms with van der Waals surface area (Å²) >= 11 is 0. The van der Waals surface area contributed by atoms with Gasteiger partial charge in [-0.05, 0) is 31.0 Å². The highest BCUT2D eigenvalue weighted by Gasteiger charge is 2.17. The molecule has 4 heteroatoms. The van der Waals surface area contributed by atoms with Crippen LogP contribution in [0, 0.1) is 24.5 Å². The first-order valence-electron chi connectivity index (χ1n) is 4.59. The zero-order chi connectivity index (χ0) is 11.6. The first-order chi connectivity index (χ1) is 6.91. The number of aliphatic carboxylic acids is 1. The van der Waals surface area contributed by atoms with Crippen LogP contribution in [0.1, 0.15) is 18.1 Å². The average molecular weight is 214 g/mol. The molecular weight excluding hydrogens is 202 g/mol. The van der Waals surface area contributed by atoms with Crippen LogP contribution in [0.4, 0.5) is 8.78 Å². The summed E-state index contributed by atoms with van der Waals surface area (Å²) in [6, 6.07) is 2.40. The summed E-state index contributed by atoms with van der Waals surface area (Å²) in [5.74, 6) is -3.22. The fourth-order valence-corrected chi connectivity index (χ4v) is 1.32. The Morgan fingerprint density at radius 3 is 2.27 bits per heavy atom. The molecule has 0 radical (unpaired) electrons. The topological polar surface area (TPSA) is 37.3 Å². The molecule has 2 nitrogen and oxygen atoms in total. The summed E-state index contributed by atoms with van der Waals surface area (Å²) < 4.78 is 26.6. The molecule has 0 heterocycles. The molecule has 0 spiro atoms. The first-order valence-corrected chi connectivity index (χ1v) is 4.59. The number of rotatable bonds is 3. The normalized spacial score (nSPS) is 12.5. The number of benzene rings is 1. The Morgan fingerprint density at radius 1 is 1.40 bits per heavy atom. The van der Waals surface area contributed by atoms with Crippen LogP contribution >= 0.6 is 0 Å². The van der Waals surface area contributed by atoms with Crippen molar-refractivity contribution >= 4 is 5.97 Å². The molecule has 0 amide bonds. The second-order valence-electron chi connectivity index (χ2n) is 3.65. The van der Waals surface area contributed by atoms with Gasteiger partial charge in [-0.3, -0.25) is 4.79 Å². The van der Waals surface area contributed by atoms with Gasteiger partial charge < -0.3 is 5.11 Å². The standard InChI is InChI=1S/C11H12F2O2/c1-6-3-9(12)8(10(13)4-6)5-7(2)11(14)15/h3-4,7H,5H2,1-2H3,(H,14,15). The minimum atomic E-state index is -1.06. The maximum Gasteiger partial charge on any atom is 0.306 e. The quantitative estimate of drug-likeness (QED) is 0.839. The fourth-order valence-electron chi connectivity index (χ4n) is 1.32. The van der Waals surface area contributed by atoms with Crippen LogP contribution in [0.25, 0.3) is 0 Å². The van der Waals surface area contributed by atoms with E-state index in [4.69, 9.17) is 5.11 Å². The second kappa shape index (κ2) is 4.38. The van der Waals surface area contributed by atoms with Gasteiger partial charge in [-0.25, -0.2) is 8.78 Å². The zero-order valence-electron chi connectivity index (χ0n) is 8.55. The maximum atomic E-state index is 13.3. The highest BCUT2D eigenvalue weighted by atomic mass is 19.1. The summed E-state index contributed by atoms with van der Waals surface area (Å²) in [7, 11) is 0. The van der Waals surface area contributed by atoms with Crippen LogP contribution in [0.15, 0.2) is 12.1 Å². The largest absolute Gasteiger partial charge is 0.481 e. The number of carbonyl (C=O) groups is 1. The number of carboxylic acids is 1. The average Bonchev–Trinajstić information content (AvgIpc) is 2.10. The molecule has 1 rings (SSSR count).